The molecule has 1 aliphatic rings. The van der Waals surface area contributed by atoms with Gasteiger partial charge in [-0.3, -0.25) is 0 Å². The second kappa shape index (κ2) is 4.16. The number of cyclic esters (lactones) is 1. The van der Waals surface area contributed by atoms with E-state index in [1.165, 1.54) is 18.4 Å². The van der Waals surface area contributed by atoms with Crippen LogP contribution in [-0.4, -0.2) is 12.6 Å². The molecule has 0 spiro atoms. The van der Waals surface area contributed by atoms with Gasteiger partial charge in [0.2, 0.25) is 0 Å². The first kappa shape index (κ1) is 8.31. The Kier molecular flexibility index (Phi) is 3.14. The first-order chi connectivity index (χ1) is 5.33. The lowest BCUT2D eigenvalue weighted by Crippen LogP contribution is -2.10. The summed E-state index contributed by atoms with van der Waals surface area (Å²) in [7, 11) is 0. The van der Waals surface area contributed by atoms with Crippen molar-refractivity contribution in [3.05, 3.63) is 11.6 Å². The lowest BCUT2D eigenvalue weighted by Gasteiger charge is -2.11. The Labute approximate surface area is 67.2 Å². The van der Waals surface area contributed by atoms with E-state index in [-0.39, 0.29) is 5.97 Å². The third-order valence-corrected chi connectivity index (χ3v) is 1.84. The van der Waals surface area contributed by atoms with Gasteiger partial charge in [-0.1, -0.05) is 18.9 Å². The smallest absolute Gasteiger partial charge is 0.330 e. The summed E-state index contributed by atoms with van der Waals surface area (Å²) in [4.78, 5) is 10.7. The van der Waals surface area contributed by atoms with Gasteiger partial charge < -0.3 is 4.74 Å². The molecule has 2 heteroatoms. The quantitative estimate of drug-likeness (QED) is 0.581. The van der Waals surface area contributed by atoms with Crippen molar-refractivity contribution in [2.45, 2.75) is 32.6 Å². The SMILES string of the molecule is CCCCC1=CC(=O)OCC1. The molecule has 11 heavy (non-hydrogen) atoms. The van der Waals surface area contributed by atoms with Gasteiger partial charge in [0.15, 0.2) is 0 Å². The molecule has 0 aromatic heterocycles. The van der Waals surface area contributed by atoms with E-state index < -0.39 is 0 Å². The molecule has 0 atom stereocenters. The fourth-order valence-corrected chi connectivity index (χ4v) is 1.16. The zero-order chi connectivity index (χ0) is 8.10. The van der Waals surface area contributed by atoms with Gasteiger partial charge >= 0.3 is 5.97 Å². The Morgan fingerprint density at radius 2 is 2.45 bits per heavy atom. The third kappa shape index (κ3) is 2.74. The molecule has 0 unspecified atom stereocenters. The predicted molar refractivity (Wildman–Crippen MR) is 43.2 cm³/mol. The van der Waals surface area contributed by atoms with E-state index >= 15 is 0 Å². The number of esters is 1. The highest BCUT2D eigenvalue weighted by molar-refractivity contribution is 5.83. The van der Waals surface area contributed by atoms with E-state index in [0.29, 0.717) is 6.61 Å². The first-order valence-corrected chi connectivity index (χ1v) is 4.19. The maximum Gasteiger partial charge on any atom is 0.330 e. The average Bonchev–Trinajstić information content (AvgIpc) is 2.01. The molecule has 0 bridgehead atoms. The Balaban J connectivity index is 2.37. The minimum Gasteiger partial charge on any atom is -0.462 e. The molecular weight excluding hydrogens is 140 g/mol. The molecule has 2 nitrogen and oxygen atoms in total. The number of carbonyl (C=O) groups is 1. The Hall–Kier alpha value is -0.790. The van der Waals surface area contributed by atoms with Crippen LogP contribution in [0.2, 0.25) is 0 Å². The van der Waals surface area contributed by atoms with E-state index in [1.807, 2.05) is 0 Å². The van der Waals surface area contributed by atoms with Crippen molar-refractivity contribution >= 4 is 5.97 Å². The average molecular weight is 154 g/mol. The zero-order valence-corrected chi connectivity index (χ0v) is 6.93. The van der Waals surface area contributed by atoms with Crippen LogP contribution in [0.25, 0.3) is 0 Å². The Bertz CT molecular complexity index is 170. The molecule has 0 saturated heterocycles. The summed E-state index contributed by atoms with van der Waals surface area (Å²) in [5.74, 6) is -0.164. The Morgan fingerprint density at radius 1 is 1.64 bits per heavy atom. The van der Waals surface area contributed by atoms with Crippen molar-refractivity contribution in [2.75, 3.05) is 6.61 Å². The summed E-state index contributed by atoms with van der Waals surface area (Å²) >= 11 is 0. The molecule has 0 radical (unpaired) electrons. The number of hydrogen-bond donors (Lipinski definition) is 0. The lowest BCUT2D eigenvalue weighted by molar-refractivity contribution is -0.138. The number of hydrogen-bond acceptors (Lipinski definition) is 2. The van der Waals surface area contributed by atoms with E-state index in [4.69, 9.17) is 4.74 Å². The molecule has 0 aliphatic carbocycles. The molecule has 0 aromatic rings. The highest BCUT2D eigenvalue weighted by atomic mass is 16.5. The molecule has 1 aliphatic heterocycles. The largest absolute Gasteiger partial charge is 0.462 e. The van der Waals surface area contributed by atoms with Crippen LogP contribution in [0.1, 0.15) is 32.6 Å². The fourth-order valence-electron chi connectivity index (χ4n) is 1.16. The van der Waals surface area contributed by atoms with E-state index in [1.54, 1.807) is 6.08 Å². The fraction of sp³-hybridized carbons (Fsp3) is 0.667. The van der Waals surface area contributed by atoms with Gasteiger partial charge in [0.1, 0.15) is 0 Å². The number of unbranched alkanes of at least 4 members (excludes halogenated alkanes) is 1. The summed E-state index contributed by atoms with van der Waals surface area (Å²) in [5, 5.41) is 0. The van der Waals surface area contributed by atoms with Crippen LogP contribution < -0.4 is 0 Å². The van der Waals surface area contributed by atoms with Gasteiger partial charge in [0.25, 0.3) is 0 Å². The third-order valence-electron chi connectivity index (χ3n) is 1.84. The first-order valence-electron chi connectivity index (χ1n) is 4.19. The van der Waals surface area contributed by atoms with Crippen molar-refractivity contribution in [2.24, 2.45) is 0 Å². The standard InChI is InChI=1S/C9H14O2/c1-2-3-4-8-5-6-11-9(10)7-8/h7H,2-6H2,1H3. The summed E-state index contributed by atoms with van der Waals surface area (Å²) in [6.07, 6.45) is 6.00. The monoisotopic (exact) mass is 154 g/mol. The normalized spacial score (nSPS) is 17.5. The number of rotatable bonds is 3. The molecular formula is C9H14O2. The van der Waals surface area contributed by atoms with Crippen LogP contribution in [0.15, 0.2) is 11.6 Å². The summed E-state index contributed by atoms with van der Waals surface area (Å²) < 4.78 is 4.77. The molecule has 0 saturated carbocycles. The molecule has 62 valence electrons. The minimum absolute atomic E-state index is 0.164. The van der Waals surface area contributed by atoms with Gasteiger partial charge in [0.05, 0.1) is 6.61 Å². The van der Waals surface area contributed by atoms with Crippen LogP contribution in [0.3, 0.4) is 0 Å². The van der Waals surface area contributed by atoms with E-state index in [0.717, 1.165) is 12.8 Å². The summed E-state index contributed by atoms with van der Waals surface area (Å²) in [5.41, 5.74) is 1.25. The Morgan fingerprint density at radius 3 is 3.09 bits per heavy atom. The maximum atomic E-state index is 10.7. The van der Waals surface area contributed by atoms with Crippen molar-refractivity contribution in [3.63, 3.8) is 0 Å². The van der Waals surface area contributed by atoms with Crippen LogP contribution in [0.5, 0.6) is 0 Å². The zero-order valence-electron chi connectivity index (χ0n) is 6.93. The maximum absolute atomic E-state index is 10.7. The summed E-state index contributed by atoms with van der Waals surface area (Å²) in [6, 6.07) is 0. The molecule has 0 N–H and O–H groups in total. The molecule has 1 rings (SSSR count). The van der Waals surface area contributed by atoms with Crippen LogP contribution in [0, 0.1) is 0 Å². The second-order valence-electron chi connectivity index (χ2n) is 2.82. The minimum atomic E-state index is -0.164. The number of carbonyl (C=O) groups excluding carboxylic acids is 1. The topological polar surface area (TPSA) is 26.3 Å². The van der Waals surface area contributed by atoms with E-state index in [2.05, 4.69) is 6.92 Å². The van der Waals surface area contributed by atoms with Crippen LogP contribution in [0.4, 0.5) is 0 Å². The van der Waals surface area contributed by atoms with Crippen molar-refractivity contribution in [3.8, 4) is 0 Å². The van der Waals surface area contributed by atoms with Crippen molar-refractivity contribution in [1.29, 1.82) is 0 Å². The highest BCUT2D eigenvalue weighted by Crippen LogP contribution is 2.15. The second-order valence-corrected chi connectivity index (χ2v) is 2.82. The van der Waals surface area contributed by atoms with Gasteiger partial charge in [0, 0.05) is 12.5 Å². The van der Waals surface area contributed by atoms with Gasteiger partial charge in [-0.05, 0) is 12.8 Å². The molecule has 0 aromatic carbocycles. The van der Waals surface area contributed by atoms with Gasteiger partial charge in [-0.25, -0.2) is 4.79 Å². The van der Waals surface area contributed by atoms with Crippen molar-refractivity contribution < 1.29 is 9.53 Å². The van der Waals surface area contributed by atoms with Gasteiger partial charge in [-0.2, -0.15) is 0 Å². The predicted octanol–water partition coefficient (Wildman–Crippen LogP) is 2.05. The van der Waals surface area contributed by atoms with Crippen LogP contribution >= 0.6 is 0 Å². The lowest BCUT2D eigenvalue weighted by atomic mass is 10.0. The molecule has 1 heterocycles. The summed E-state index contributed by atoms with van der Waals surface area (Å²) in [6.45, 7) is 2.73. The van der Waals surface area contributed by atoms with E-state index in [9.17, 15) is 4.79 Å². The van der Waals surface area contributed by atoms with Crippen molar-refractivity contribution in [1.82, 2.24) is 0 Å². The van der Waals surface area contributed by atoms with Crippen LogP contribution in [-0.2, 0) is 9.53 Å². The van der Waals surface area contributed by atoms with Gasteiger partial charge in [-0.15, -0.1) is 0 Å². The molecule has 0 amide bonds. The molecule has 0 fully saturated rings. The number of ether oxygens (including phenoxy) is 1. The highest BCUT2D eigenvalue weighted by Gasteiger charge is 2.08.